The van der Waals surface area contributed by atoms with E-state index < -0.39 is 11.8 Å². The van der Waals surface area contributed by atoms with Crippen LogP contribution >= 0.6 is 0 Å². The van der Waals surface area contributed by atoms with Crippen LogP contribution in [0.4, 0.5) is 10.1 Å². The number of halogens is 1. The van der Waals surface area contributed by atoms with Gasteiger partial charge in [-0.1, -0.05) is 0 Å². The summed E-state index contributed by atoms with van der Waals surface area (Å²) in [5.41, 5.74) is 11.0. The molecule has 0 radical (unpaired) electrons. The Morgan fingerprint density at radius 2 is 2.13 bits per heavy atom. The summed E-state index contributed by atoms with van der Waals surface area (Å²) in [6.45, 7) is 1.56. The maximum Gasteiger partial charge on any atom is 0.337 e. The zero-order chi connectivity index (χ0) is 11.6. The highest BCUT2D eigenvalue weighted by molar-refractivity contribution is 5.95. The van der Waals surface area contributed by atoms with E-state index in [0.717, 1.165) is 12.1 Å². The Morgan fingerprint density at radius 3 is 2.60 bits per heavy atom. The Kier molecular flexibility index (Phi) is 2.94. The molecule has 0 atom stereocenters. The van der Waals surface area contributed by atoms with Crippen LogP contribution in [0.3, 0.4) is 0 Å². The van der Waals surface area contributed by atoms with Gasteiger partial charge in [-0.05, 0) is 25.1 Å². The summed E-state index contributed by atoms with van der Waals surface area (Å²) >= 11 is 0. The molecule has 5 heteroatoms. The molecular weight excluding hydrogens is 199 g/mol. The number of nitrogen functional groups attached to an aromatic ring is 1. The maximum atomic E-state index is 13.3. The van der Waals surface area contributed by atoms with Crippen molar-refractivity contribution in [3.8, 4) is 0 Å². The second-order valence-corrected chi connectivity index (χ2v) is 3.12. The summed E-state index contributed by atoms with van der Waals surface area (Å²) in [5.74, 6) is -1.79. The summed E-state index contributed by atoms with van der Waals surface area (Å²) in [6.07, 6.45) is 1.30. The SMILES string of the molecule is C/C(N)=C/c1c(F)ccc(C(=O)O)c1N. The fourth-order valence-electron chi connectivity index (χ4n) is 1.17. The number of benzene rings is 1. The molecule has 0 saturated heterocycles. The number of allylic oxidation sites excluding steroid dienone is 1. The molecule has 1 rings (SSSR count). The number of carboxylic acids is 1. The Labute approximate surface area is 86.0 Å². The lowest BCUT2D eigenvalue weighted by molar-refractivity contribution is 0.0698. The lowest BCUT2D eigenvalue weighted by Crippen LogP contribution is -2.06. The summed E-state index contributed by atoms with van der Waals surface area (Å²) in [6, 6.07) is 2.17. The van der Waals surface area contributed by atoms with Crippen molar-refractivity contribution in [3.63, 3.8) is 0 Å². The highest BCUT2D eigenvalue weighted by Gasteiger charge is 2.13. The molecule has 0 aliphatic carbocycles. The monoisotopic (exact) mass is 210 g/mol. The molecule has 0 amide bonds. The van der Waals surface area contributed by atoms with Crippen molar-refractivity contribution in [3.05, 3.63) is 34.8 Å². The Bertz CT molecular complexity index is 437. The minimum atomic E-state index is -1.20. The van der Waals surface area contributed by atoms with Crippen LogP contribution in [0.2, 0.25) is 0 Å². The lowest BCUT2D eigenvalue weighted by Gasteiger charge is -2.06. The van der Waals surface area contributed by atoms with E-state index in [9.17, 15) is 9.18 Å². The number of carbonyl (C=O) groups is 1. The van der Waals surface area contributed by atoms with Gasteiger partial charge in [0.2, 0.25) is 0 Å². The molecule has 5 N–H and O–H groups in total. The minimum absolute atomic E-state index is 0.00917. The van der Waals surface area contributed by atoms with Crippen molar-refractivity contribution in [2.45, 2.75) is 6.92 Å². The summed E-state index contributed by atoms with van der Waals surface area (Å²) in [5, 5.41) is 8.76. The lowest BCUT2D eigenvalue weighted by atomic mass is 10.1. The Balaban J connectivity index is 3.43. The fourth-order valence-corrected chi connectivity index (χ4v) is 1.17. The molecule has 0 aliphatic rings. The van der Waals surface area contributed by atoms with Crippen LogP contribution in [0.25, 0.3) is 6.08 Å². The molecular formula is C10H11FN2O2. The number of hydrogen-bond donors (Lipinski definition) is 3. The molecule has 1 aromatic rings. The van der Waals surface area contributed by atoms with Crippen molar-refractivity contribution in [2.75, 3.05) is 5.73 Å². The zero-order valence-corrected chi connectivity index (χ0v) is 8.12. The summed E-state index contributed by atoms with van der Waals surface area (Å²) < 4.78 is 13.3. The van der Waals surface area contributed by atoms with Gasteiger partial charge in [0.25, 0.3) is 0 Å². The largest absolute Gasteiger partial charge is 0.478 e. The van der Waals surface area contributed by atoms with Crippen molar-refractivity contribution in [2.24, 2.45) is 5.73 Å². The molecule has 0 bridgehead atoms. The van der Waals surface area contributed by atoms with Crippen molar-refractivity contribution in [1.82, 2.24) is 0 Å². The van der Waals surface area contributed by atoms with Crippen LogP contribution < -0.4 is 11.5 Å². The van der Waals surface area contributed by atoms with Gasteiger partial charge in [0.15, 0.2) is 0 Å². The summed E-state index contributed by atoms with van der Waals surface area (Å²) in [4.78, 5) is 10.7. The molecule has 0 saturated carbocycles. The average Bonchev–Trinajstić information content (AvgIpc) is 2.11. The van der Waals surface area contributed by atoms with Crippen LogP contribution in [-0.4, -0.2) is 11.1 Å². The second kappa shape index (κ2) is 4.00. The van der Waals surface area contributed by atoms with Gasteiger partial charge in [-0.3, -0.25) is 0 Å². The zero-order valence-electron chi connectivity index (χ0n) is 8.12. The molecule has 0 fully saturated rings. The van der Waals surface area contributed by atoms with Crippen molar-refractivity contribution < 1.29 is 14.3 Å². The van der Waals surface area contributed by atoms with E-state index in [1.807, 2.05) is 0 Å². The molecule has 0 unspecified atom stereocenters. The van der Waals surface area contributed by atoms with E-state index in [2.05, 4.69) is 0 Å². The quantitative estimate of drug-likeness (QED) is 0.644. The molecule has 1 aromatic carbocycles. The average molecular weight is 210 g/mol. The van der Waals surface area contributed by atoms with Gasteiger partial charge in [0.05, 0.1) is 11.3 Å². The molecule has 0 aromatic heterocycles. The maximum absolute atomic E-state index is 13.3. The van der Waals surface area contributed by atoms with Crippen LogP contribution in [0.5, 0.6) is 0 Å². The van der Waals surface area contributed by atoms with E-state index in [1.165, 1.54) is 6.08 Å². The highest BCUT2D eigenvalue weighted by atomic mass is 19.1. The van der Waals surface area contributed by atoms with Crippen molar-refractivity contribution >= 4 is 17.7 Å². The van der Waals surface area contributed by atoms with Crippen LogP contribution in [-0.2, 0) is 0 Å². The summed E-state index contributed by atoms with van der Waals surface area (Å²) in [7, 11) is 0. The van der Waals surface area contributed by atoms with E-state index in [0.29, 0.717) is 5.70 Å². The van der Waals surface area contributed by atoms with Gasteiger partial charge >= 0.3 is 5.97 Å². The number of aromatic carboxylic acids is 1. The van der Waals surface area contributed by atoms with E-state index in [1.54, 1.807) is 6.92 Å². The number of anilines is 1. The Hall–Kier alpha value is -2.04. The smallest absolute Gasteiger partial charge is 0.337 e. The first kappa shape index (κ1) is 11.0. The standard InChI is InChI=1S/C10H11FN2O2/c1-5(12)4-7-8(11)3-2-6(9(7)13)10(14)15/h2-4H,12-13H2,1H3,(H,14,15)/b5-4-. The number of carboxylic acid groups (broad SMARTS) is 1. The first-order chi connectivity index (χ1) is 6.93. The Morgan fingerprint density at radius 1 is 1.53 bits per heavy atom. The topological polar surface area (TPSA) is 89.3 Å². The van der Waals surface area contributed by atoms with Gasteiger partial charge < -0.3 is 16.6 Å². The van der Waals surface area contributed by atoms with E-state index in [-0.39, 0.29) is 16.8 Å². The number of nitrogens with two attached hydrogens (primary N) is 2. The van der Waals surface area contributed by atoms with Gasteiger partial charge in [-0.2, -0.15) is 0 Å². The van der Waals surface area contributed by atoms with Gasteiger partial charge in [0.1, 0.15) is 5.82 Å². The second-order valence-electron chi connectivity index (χ2n) is 3.12. The fraction of sp³-hybridized carbons (Fsp3) is 0.100. The van der Waals surface area contributed by atoms with Gasteiger partial charge in [0, 0.05) is 11.3 Å². The molecule has 80 valence electrons. The highest BCUT2D eigenvalue weighted by Crippen LogP contribution is 2.23. The van der Waals surface area contributed by atoms with Gasteiger partial charge in [-0.25, -0.2) is 9.18 Å². The third-order valence-electron chi connectivity index (χ3n) is 1.84. The molecule has 15 heavy (non-hydrogen) atoms. The van der Waals surface area contributed by atoms with Crippen LogP contribution in [0.15, 0.2) is 17.8 Å². The predicted octanol–water partition coefficient (Wildman–Crippen LogP) is 1.43. The van der Waals surface area contributed by atoms with Crippen LogP contribution in [0.1, 0.15) is 22.8 Å². The molecule has 0 aliphatic heterocycles. The van der Waals surface area contributed by atoms with Crippen molar-refractivity contribution in [1.29, 1.82) is 0 Å². The van der Waals surface area contributed by atoms with Crippen LogP contribution in [0, 0.1) is 5.82 Å². The van der Waals surface area contributed by atoms with E-state index >= 15 is 0 Å². The normalized spacial score (nSPS) is 11.5. The third-order valence-corrected chi connectivity index (χ3v) is 1.84. The molecule has 0 spiro atoms. The predicted molar refractivity (Wildman–Crippen MR) is 55.6 cm³/mol. The first-order valence-electron chi connectivity index (χ1n) is 4.18. The minimum Gasteiger partial charge on any atom is -0.478 e. The van der Waals surface area contributed by atoms with Gasteiger partial charge in [-0.15, -0.1) is 0 Å². The number of hydrogen-bond acceptors (Lipinski definition) is 3. The first-order valence-corrected chi connectivity index (χ1v) is 4.18. The third kappa shape index (κ3) is 2.25. The van der Waals surface area contributed by atoms with E-state index in [4.69, 9.17) is 16.6 Å². The molecule has 0 heterocycles. The number of rotatable bonds is 2. The molecule has 4 nitrogen and oxygen atoms in total.